The molecule has 2 aromatic rings. The average molecular weight is 352 g/mol. The molecule has 0 fully saturated rings. The summed E-state index contributed by atoms with van der Waals surface area (Å²) in [4.78, 5) is 10.4. The zero-order valence-corrected chi connectivity index (χ0v) is 14.3. The molecule has 5 nitrogen and oxygen atoms in total. The Kier molecular flexibility index (Phi) is 8.68. The molecule has 130 valence electrons. The average Bonchev–Trinajstić information content (AvgIpc) is 2.58. The SMILES string of the molecule is COc1ccc(CCNCc2ccc(OCC(=O)O)cc2)cc1.Cl. The lowest BCUT2D eigenvalue weighted by Gasteiger charge is -2.07. The number of rotatable bonds is 9. The van der Waals surface area contributed by atoms with E-state index < -0.39 is 5.97 Å². The van der Waals surface area contributed by atoms with Crippen LogP contribution < -0.4 is 14.8 Å². The number of nitrogens with one attached hydrogen (secondary N) is 1. The van der Waals surface area contributed by atoms with Gasteiger partial charge in [-0.25, -0.2) is 4.79 Å². The van der Waals surface area contributed by atoms with E-state index >= 15 is 0 Å². The van der Waals surface area contributed by atoms with Gasteiger partial charge in [-0.05, 0) is 48.4 Å². The Morgan fingerprint density at radius 3 is 2.17 bits per heavy atom. The van der Waals surface area contributed by atoms with Crippen molar-refractivity contribution < 1.29 is 19.4 Å². The minimum absolute atomic E-state index is 0. The molecular weight excluding hydrogens is 330 g/mol. The van der Waals surface area contributed by atoms with Gasteiger partial charge in [0.2, 0.25) is 0 Å². The largest absolute Gasteiger partial charge is 0.497 e. The zero-order chi connectivity index (χ0) is 16.5. The Morgan fingerprint density at radius 2 is 1.58 bits per heavy atom. The van der Waals surface area contributed by atoms with Crippen LogP contribution in [0.5, 0.6) is 11.5 Å². The second-order valence-electron chi connectivity index (χ2n) is 5.10. The van der Waals surface area contributed by atoms with E-state index in [0.717, 1.165) is 30.8 Å². The summed E-state index contributed by atoms with van der Waals surface area (Å²) < 4.78 is 10.2. The van der Waals surface area contributed by atoms with E-state index in [9.17, 15) is 4.79 Å². The number of carbonyl (C=O) groups is 1. The maximum atomic E-state index is 10.4. The normalized spacial score (nSPS) is 9.88. The van der Waals surface area contributed by atoms with Crippen LogP contribution in [0.4, 0.5) is 0 Å². The van der Waals surface area contributed by atoms with Crippen molar-refractivity contribution in [3.05, 3.63) is 59.7 Å². The second kappa shape index (κ2) is 10.5. The Balaban J connectivity index is 0.00000288. The first-order valence-corrected chi connectivity index (χ1v) is 7.44. The van der Waals surface area contributed by atoms with Crippen LogP contribution in [0.1, 0.15) is 11.1 Å². The van der Waals surface area contributed by atoms with Gasteiger partial charge in [-0.1, -0.05) is 24.3 Å². The molecular formula is C18H22ClNO4. The van der Waals surface area contributed by atoms with Gasteiger partial charge in [-0.3, -0.25) is 0 Å². The van der Waals surface area contributed by atoms with Crippen molar-refractivity contribution in [1.82, 2.24) is 5.32 Å². The van der Waals surface area contributed by atoms with Crippen LogP contribution in [-0.2, 0) is 17.8 Å². The molecule has 0 unspecified atom stereocenters. The summed E-state index contributed by atoms with van der Waals surface area (Å²) in [6, 6.07) is 15.5. The fraction of sp³-hybridized carbons (Fsp3) is 0.278. The van der Waals surface area contributed by atoms with E-state index in [1.165, 1.54) is 5.56 Å². The Bertz CT molecular complexity index is 614. The summed E-state index contributed by atoms with van der Waals surface area (Å²) in [5.74, 6) is 0.454. The van der Waals surface area contributed by atoms with Gasteiger partial charge in [0.05, 0.1) is 7.11 Å². The third-order valence-corrected chi connectivity index (χ3v) is 3.36. The molecule has 0 amide bonds. The summed E-state index contributed by atoms with van der Waals surface area (Å²) >= 11 is 0. The van der Waals surface area contributed by atoms with Crippen molar-refractivity contribution in [2.75, 3.05) is 20.3 Å². The number of methoxy groups -OCH3 is 1. The summed E-state index contributed by atoms with van der Waals surface area (Å²) in [6.07, 6.45) is 0.948. The standard InChI is InChI=1S/C18H21NO4.ClH/c1-22-16-6-2-14(3-7-16)10-11-19-12-15-4-8-17(9-5-15)23-13-18(20)21;/h2-9,19H,10-13H2,1H3,(H,20,21);1H. The molecule has 0 heterocycles. The van der Waals surface area contributed by atoms with Gasteiger partial charge < -0.3 is 19.9 Å². The monoisotopic (exact) mass is 351 g/mol. The summed E-state index contributed by atoms with van der Waals surface area (Å²) in [7, 11) is 1.66. The number of aliphatic carboxylic acids is 1. The Hall–Kier alpha value is -2.24. The maximum absolute atomic E-state index is 10.4. The van der Waals surface area contributed by atoms with E-state index in [1.807, 2.05) is 24.3 Å². The van der Waals surface area contributed by atoms with Gasteiger partial charge in [-0.2, -0.15) is 0 Å². The fourth-order valence-electron chi connectivity index (χ4n) is 2.11. The first-order chi connectivity index (χ1) is 11.2. The first-order valence-electron chi connectivity index (χ1n) is 7.44. The highest BCUT2D eigenvalue weighted by Gasteiger charge is 2.00. The molecule has 2 aromatic carbocycles. The summed E-state index contributed by atoms with van der Waals surface area (Å²) in [5.41, 5.74) is 2.39. The molecule has 2 N–H and O–H groups in total. The summed E-state index contributed by atoms with van der Waals surface area (Å²) in [5, 5.41) is 11.9. The number of hydrogen-bond donors (Lipinski definition) is 2. The molecule has 0 spiro atoms. The van der Waals surface area contributed by atoms with Crippen molar-refractivity contribution in [1.29, 1.82) is 0 Å². The molecule has 0 aliphatic rings. The third-order valence-electron chi connectivity index (χ3n) is 3.36. The minimum Gasteiger partial charge on any atom is -0.497 e. The number of carboxylic acid groups (broad SMARTS) is 1. The van der Waals surface area contributed by atoms with Crippen LogP contribution in [-0.4, -0.2) is 31.3 Å². The number of hydrogen-bond acceptors (Lipinski definition) is 4. The molecule has 0 atom stereocenters. The van der Waals surface area contributed by atoms with Crippen LogP contribution in [0.2, 0.25) is 0 Å². The topological polar surface area (TPSA) is 67.8 Å². The highest BCUT2D eigenvalue weighted by Crippen LogP contribution is 2.13. The van der Waals surface area contributed by atoms with Crippen molar-refractivity contribution in [3.8, 4) is 11.5 Å². The van der Waals surface area contributed by atoms with Crippen LogP contribution in [0.25, 0.3) is 0 Å². The van der Waals surface area contributed by atoms with Gasteiger partial charge in [-0.15, -0.1) is 12.4 Å². The molecule has 0 saturated heterocycles. The van der Waals surface area contributed by atoms with Gasteiger partial charge in [0, 0.05) is 6.54 Å². The van der Waals surface area contributed by atoms with Crippen molar-refractivity contribution in [2.24, 2.45) is 0 Å². The highest BCUT2D eigenvalue weighted by molar-refractivity contribution is 5.85. The van der Waals surface area contributed by atoms with Crippen LogP contribution >= 0.6 is 12.4 Å². The molecule has 0 saturated carbocycles. The zero-order valence-electron chi connectivity index (χ0n) is 13.5. The smallest absolute Gasteiger partial charge is 0.341 e. The molecule has 0 bridgehead atoms. The van der Waals surface area contributed by atoms with Crippen LogP contribution in [0.15, 0.2) is 48.5 Å². The van der Waals surface area contributed by atoms with E-state index in [2.05, 4.69) is 17.4 Å². The highest BCUT2D eigenvalue weighted by atomic mass is 35.5. The van der Waals surface area contributed by atoms with E-state index in [4.69, 9.17) is 14.6 Å². The minimum atomic E-state index is -0.978. The van der Waals surface area contributed by atoms with Crippen LogP contribution in [0.3, 0.4) is 0 Å². The van der Waals surface area contributed by atoms with Gasteiger partial charge >= 0.3 is 5.97 Å². The molecule has 6 heteroatoms. The van der Waals surface area contributed by atoms with Crippen LogP contribution in [0, 0.1) is 0 Å². The fourth-order valence-corrected chi connectivity index (χ4v) is 2.11. The Labute approximate surface area is 148 Å². The van der Waals surface area contributed by atoms with Crippen molar-refractivity contribution in [3.63, 3.8) is 0 Å². The van der Waals surface area contributed by atoms with E-state index in [1.54, 1.807) is 19.2 Å². The Morgan fingerprint density at radius 1 is 1.00 bits per heavy atom. The molecule has 2 rings (SSSR count). The number of halogens is 1. The van der Waals surface area contributed by atoms with Gasteiger partial charge in [0.1, 0.15) is 11.5 Å². The third kappa shape index (κ3) is 6.89. The van der Waals surface area contributed by atoms with E-state index in [-0.39, 0.29) is 19.0 Å². The van der Waals surface area contributed by atoms with Gasteiger partial charge in [0.25, 0.3) is 0 Å². The first kappa shape index (κ1) is 19.8. The van der Waals surface area contributed by atoms with Crippen molar-refractivity contribution in [2.45, 2.75) is 13.0 Å². The quantitative estimate of drug-likeness (QED) is 0.680. The predicted molar refractivity (Wildman–Crippen MR) is 95.2 cm³/mol. The lowest BCUT2D eigenvalue weighted by atomic mass is 10.1. The molecule has 0 aliphatic carbocycles. The molecule has 24 heavy (non-hydrogen) atoms. The summed E-state index contributed by atoms with van der Waals surface area (Å²) in [6.45, 7) is 1.32. The predicted octanol–water partition coefficient (Wildman–Crippen LogP) is 2.91. The van der Waals surface area contributed by atoms with E-state index in [0.29, 0.717) is 5.75 Å². The lowest BCUT2D eigenvalue weighted by Crippen LogP contribution is -2.16. The van der Waals surface area contributed by atoms with Crippen molar-refractivity contribution >= 4 is 18.4 Å². The lowest BCUT2D eigenvalue weighted by molar-refractivity contribution is -0.139. The maximum Gasteiger partial charge on any atom is 0.341 e. The number of benzene rings is 2. The molecule has 0 aliphatic heterocycles. The molecule has 0 radical (unpaired) electrons. The second-order valence-corrected chi connectivity index (χ2v) is 5.10. The molecule has 0 aromatic heterocycles. The number of carboxylic acids is 1. The van der Waals surface area contributed by atoms with Gasteiger partial charge in [0.15, 0.2) is 6.61 Å². The number of ether oxygens (including phenoxy) is 2.